The van der Waals surface area contributed by atoms with Crippen LogP contribution in [0, 0.1) is 5.82 Å². The maximum Gasteiger partial charge on any atom is 0.320 e. The van der Waals surface area contributed by atoms with Gasteiger partial charge in [-0.05, 0) is 43.7 Å². The fourth-order valence-electron chi connectivity index (χ4n) is 3.13. The van der Waals surface area contributed by atoms with Crippen LogP contribution in [0.25, 0.3) is 0 Å². The Morgan fingerprint density at radius 3 is 2.89 bits per heavy atom. The highest BCUT2D eigenvalue weighted by Crippen LogP contribution is 2.35. The van der Waals surface area contributed by atoms with E-state index in [1.165, 1.54) is 18.2 Å². The number of likely N-dealkylation sites (tertiary alicyclic amines) is 1. The Morgan fingerprint density at radius 1 is 1.37 bits per heavy atom. The molecule has 0 aromatic heterocycles. The molecular formula is C19H19ClFNO4S. The highest BCUT2D eigenvalue weighted by atomic mass is 35.5. The van der Waals surface area contributed by atoms with E-state index >= 15 is 0 Å². The highest BCUT2D eigenvalue weighted by Gasteiger charge is 2.30. The lowest BCUT2D eigenvalue weighted by molar-refractivity contribution is -0.142. The first-order valence-corrected chi connectivity index (χ1v) is 10.1. The molecular weight excluding hydrogens is 393 g/mol. The topological polar surface area (TPSA) is 72.8 Å². The number of carboxylic acid groups (broad SMARTS) is 1. The SMILES string of the molecule is O=C(O)C1CCCN1CCOc1cccc(Cl)c1[S+]([O-])c1cccc(F)c1. The third kappa shape index (κ3) is 4.73. The van der Waals surface area contributed by atoms with E-state index < -0.39 is 29.0 Å². The van der Waals surface area contributed by atoms with Gasteiger partial charge in [0.15, 0.2) is 10.6 Å². The number of aliphatic carboxylic acids is 1. The van der Waals surface area contributed by atoms with Crippen molar-refractivity contribution >= 4 is 28.7 Å². The number of carbonyl (C=O) groups is 1. The van der Waals surface area contributed by atoms with E-state index in [9.17, 15) is 18.8 Å². The van der Waals surface area contributed by atoms with E-state index in [1.807, 2.05) is 4.90 Å². The van der Waals surface area contributed by atoms with Crippen LogP contribution in [0.3, 0.4) is 0 Å². The summed E-state index contributed by atoms with van der Waals surface area (Å²) in [4.78, 5) is 13.7. The Hall–Kier alpha value is -1.80. The summed E-state index contributed by atoms with van der Waals surface area (Å²) in [6, 6.07) is 9.96. The Kier molecular flexibility index (Phi) is 6.59. The van der Waals surface area contributed by atoms with Crippen LogP contribution >= 0.6 is 11.6 Å². The summed E-state index contributed by atoms with van der Waals surface area (Å²) in [6.07, 6.45) is 1.46. The van der Waals surface area contributed by atoms with Crippen LogP contribution in [0.15, 0.2) is 52.3 Å². The monoisotopic (exact) mass is 411 g/mol. The molecule has 27 heavy (non-hydrogen) atoms. The molecule has 2 aromatic carbocycles. The second-order valence-corrected chi connectivity index (χ2v) is 8.00. The molecule has 2 atom stereocenters. The predicted molar refractivity (Wildman–Crippen MR) is 100 cm³/mol. The number of benzene rings is 2. The van der Waals surface area contributed by atoms with Crippen molar-refractivity contribution in [1.29, 1.82) is 0 Å². The Morgan fingerprint density at radius 2 is 2.15 bits per heavy atom. The zero-order valence-electron chi connectivity index (χ0n) is 14.4. The molecule has 1 saturated heterocycles. The van der Waals surface area contributed by atoms with Gasteiger partial charge in [0.2, 0.25) is 4.90 Å². The fraction of sp³-hybridized carbons (Fsp3) is 0.316. The van der Waals surface area contributed by atoms with Crippen molar-refractivity contribution in [2.45, 2.75) is 28.7 Å². The molecule has 0 bridgehead atoms. The molecule has 1 aliphatic heterocycles. The summed E-state index contributed by atoms with van der Waals surface area (Å²) >= 11 is 4.53. The second kappa shape index (κ2) is 8.93. The molecule has 0 aliphatic carbocycles. The van der Waals surface area contributed by atoms with E-state index in [2.05, 4.69) is 0 Å². The molecule has 1 aliphatic rings. The van der Waals surface area contributed by atoms with Crippen molar-refractivity contribution in [3.63, 3.8) is 0 Å². The lowest BCUT2D eigenvalue weighted by atomic mass is 10.2. The molecule has 2 aromatic rings. The molecule has 3 rings (SSSR count). The van der Waals surface area contributed by atoms with Crippen LogP contribution < -0.4 is 4.74 Å². The Labute approximate surface area is 164 Å². The van der Waals surface area contributed by atoms with Crippen LogP contribution in [0.2, 0.25) is 5.02 Å². The van der Waals surface area contributed by atoms with E-state index in [4.69, 9.17) is 16.3 Å². The number of hydrogen-bond acceptors (Lipinski definition) is 4. The van der Waals surface area contributed by atoms with Crippen molar-refractivity contribution in [2.75, 3.05) is 19.7 Å². The van der Waals surface area contributed by atoms with Gasteiger partial charge >= 0.3 is 5.97 Å². The predicted octanol–water partition coefficient (Wildman–Crippen LogP) is 3.57. The van der Waals surface area contributed by atoms with Gasteiger partial charge in [0, 0.05) is 23.8 Å². The van der Waals surface area contributed by atoms with Gasteiger partial charge in [-0.1, -0.05) is 23.7 Å². The third-order valence-corrected chi connectivity index (χ3v) is 6.31. The van der Waals surface area contributed by atoms with Crippen LogP contribution in [0.4, 0.5) is 4.39 Å². The van der Waals surface area contributed by atoms with Gasteiger partial charge in [-0.3, -0.25) is 9.69 Å². The van der Waals surface area contributed by atoms with Crippen molar-refractivity contribution in [2.24, 2.45) is 0 Å². The van der Waals surface area contributed by atoms with E-state index in [0.29, 0.717) is 30.2 Å². The fourth-order valence-corrected chi connectivity index (χ4v) is 4.72. The van der Waals surface area contributed by atoms with Gasteiger partial charge < -0.3 is 14.4 Å². The van der Waals surface area contributed by atoms with Crippen LogP contribution in [0.1, 0.15) is 12.8 Å². The minimum atomic E-state index is -1.70. The first-order chi connectivity index (χ1) is 13.0. The van der Waals surface area contributed by atoms with Crippen molar-refractivity contribution in [1.82, 2.24) is 4.90 Å². The van der Waals surface area contributed by atoms with E-state index in [0.717, 1.165) is 6.42 Å². The summed E-state index contributed by atoms with van der Waals surface area (Å²) < 4.78 is 32.1. The lowest BCUT2D eigenvalue weighted by Crippen LogP contribution is -2.38. The lowest BCUT2D eigenvalue weighted by Gasteiger charge is -2.21. The van der Waals surface area contributed by atoms with Crippen molar-refractivity contribution in [3.8, 4) is 5.75 Å². The van der Waals surface area contributed by atoms with Crippen molar-refractivity contribution < 1.29 is 23.6 Å². The summed E-state index contributed by atoms with van der Waals surface area (Å²) in [5.41, 5.74) is 0. The molecule has 1 N–H and O–H groups in total. The number of rotatable bonds is 7. The van der Waals surface area contributed by atoms with Gasteiger partial charge in [-0.15, -0.1) is 0 Å². The van der Waals surface area contributed by atoms with Crippen LogP contribution in [-0.2, 0) is 16.0 Å². The molecule has 1 heterocycles. The number of ether oxygens (including phenoxy) is 1. The number of hydrogen-bond donors (Lipinski definition) is 1. The zero-order valence-corrected chi connectivity index (χ0v) is 16.0. The molecule has 0 spiro atoms. The van der Waals surface area contributed by atoms with E-state index in [1.54, 1.807) is 24.3 Å². The molecule has 8 heteroatoms. The van der Waals surface area contributed by atoms with Gasteiger partial charge in [-0.2, -0.15) is 0 Å². The van der Waals surface area contributed by atoms with Crippen LogP contribution in [0.5, 0.6) is 5.75 Å². The Balaban J connectivity index is 1.73. The molecule has 0 amide bonds. The minimum absolute atomic E-state index is 0.234. The molecule has 1 fully saturated rings. The quantitative estimate of drug-likeness (QED) is 0.705. The number of carboxylic acids is 1. The normalized spacial score (nSPS) is 18.4. The molecule has 0 saturated carbocycles. The number of nitrogens with zero attached hydrogens (tertiary/aromatic N) is 1. The maximum absolute atomic E-state index is 13.5. The maximum atomic E-state index is 13.5. The van der Waals surface area contributed by atoms with Gasteiger partial charge in [0.05, 0.1) is 0 Å². The summed E-state index contributed by atoms with van der Waals surface area (Å²) in [7, 11) is 0. The van der Waals surface area contributed by atoms with Gasteiger partial charge in [-0.25, -0.2) is 4.39 Å². The van der Waals surface area contributed by atoms with Crippen molar-refractivity contribution in [3.05, 3.63) is 53.3 Å². The summed E-state index contributed by atoms with van der Waals surface area (Å²) in [5, 5.41) is 9.49. The van der Waals surface area contributed by atoms with Crippen LogP contribution in [-0.4, -0.2) is 46.3 Å². The smallest absolute Gasteiger partial charge is 0.320 e. The largest absolute Gasteiger partial charge is 0.606 e. The summed E-state index contributed by atoms with van der Waals surface area (Å²) in [6.45, 7) is 1.38. The third-order valence-electron chi connectivity index (χ3n) is 4.41. The second-order valence-electron chi connectivity index (χ2n) is 6.17. The first kappa shape index (κ1) is 19.9. The van der Waals surface area contributed by atoms with Gasteiger partial charge in [0.1, 0.15) is 23.5 Å². The molecule has 5 nitrogen and oxygen atoms in total. The first-order valence-electron chi connectivity index (χ1n) is 8.53. The van der Waals surface area contributed by atoms with Gasteiger partial charge in [0.25, 0.3) is 0 Å². The minimum Gasteiger partial charge on any atom is -0.606 e. The molecule has 2 unspecified atom stereocenters. The molecule has 0 radical (unpaired) electrons. The summed E-state index contributed by atoms with van der Waals surface area (Å²) in [5.74, 6) is -0.969. The van der Waals surface area contributed by atoms with E-state index in [-0.39, 0.29) is 16.5 Å². The standard InChI is InChI=1S/C19H19ClFNO4S/c20-15-6-2-8-17(18(15)27(25)14-5-1-4-13(21)12-14)26-11-10-22-9-3-7-16(22)19(23)24/h1-2,4-6,8,12,16H,3,7,9-11H2,(H,23,24). The number of halogens is 2. The average Bonchev–Trinajstić information content (AvgIpc) is 3.10. The average molecular weight is 412 g/mol. The Bertz CT molecular complexity index is 822. The molecule has 144 valence electrons. The highest BCUT2D eigenvalue weighted by molar-refractivity contribution is 7.91. The zero-order chi connectivity index (χ0) is 19.4.